The molecule has 1 amide bonds. The van der Waals surface area contributed by atoms with Crippen LogP contribution in [0.5, 0.6) is 0 Å². The highest BCUT2D eigenvalue weighted by Crippen LogP contribution is 2.53. The molecule has 1 aromatic rings. The maximum atomic E-state index is 11.7. The molecule has 1 unspecified atom stereocenters. The summed E-state index contributed by atoms with van der Waals surface area (Å²) in [6, 6.07) is 7.61. The molecule has 2 rings (SSSR count). The third-order valence-electron chi connectivity index (χ3n) is 2.55. The van der Waals surface area contributed by atoms with Crippen LogP contribution in [0.1, 0.15) is 12.0 Å². The molecule has 80 valence electrons. The fourth-order valence-corrected chi connectivity index (χ4v) is 1.94. The van der Waals surface area contributed by atoms with Gasteiger partial charge in [0, 0.05) is 5.69 Å². The zero-order chi connectivity index (χ0) is 11.1. The van der Waals surface area contributed by atoms with E-state index >= 15 is 0 Å². The Morgan fingerprint density at radius 3 is 2.60 bits per heavy atom. The highest BCUT2D eigenvalue weighted by atomic mass is 35.5. The van der Waals surface area contributed by atoms with Crippen LogP contribution in [-0.2, 0) is 4.79 Å². The summed E-state index contributed by atoms with van der Waals surface area (Å²) in [5.74, 6) is -0.380. The molecule has 0 radical (unpaired) electrons. The molecule has 1 N–H and O–H groups in total. The molecule has 0 saturated heterocycles. The Morgan fingerprint density at radius 2 is 2.07 bits per heavy atom. The lowest BCUT2D eigenvalue weighted by molar-refractivity contribution is -0.117. The number of nitrogens with one attached hydrogen (secondary N) is 1. The maximum Gasteiger partial charge on any atom is 0.230 e. The number of aryl methyl sites for hydroxylation is 1. The third kappa shape index (κ3) is 2.27. The van der Waals surface area contributed by atoms with E-state index < -0.39 is 4.33 Å². The maximum absolute atomic E-state index is 11.7. The monoisotopic (exact) mass is 243 g/mol. The van der Waals surface area contributed by atoms with Gasteiger partial charge in [-0.2, -0.15) is 0 Å². The van der Waals surface area contributed by atoms with Crippen LogP contribution >= 0.6 is 23.2 Å². The van der Waals surface area contributed by atoms with Gasteiger partial charge in [-0.1, -0.05) is 18.2 Å². The zero-order valence-corrected chi connectivity index (χ0v) is 9.77. The highest BCUT2D eigenvalue weighted by molar-refractivity contribution is 6.52. The van der Waals surface area contributed by atoms with Crippen molar-refractivity contribution in [2.24, 2.45) is 5.92 Å². The van der Waals surface area contributed by atoms with Crippen molar-refractivity contribution in [2.75, 3.05) is 5.32 Å². The molecular formula is C11H11Cl2NO. The number of rotatable bonds is 2. The number of amides is 1. The summed E-state index contributed by atoms with van der Waals surface area (Å²) in [5, 5.41) is 2.82. The van der Waals surface area contributed by atoms with Gasteiger partial charge in [0.15, 0.2) is 0 Å². The summed E-state index contributed by atoms with van der Waals surface area (Å²) in [6.45, 7) is 1.94. The van der Waals surface area contributed by atoms with Gasteiger partial charge < -0.3 is 5.32 Å². The summed E-state index contributed by atoms with van der Waals surface area (Å²) in [4.78, 5) is 11.7. The van der Waals surface area contributed by atoms with Crippen molar-refractivity contribution >= 4 is 34.8 Å². The summed E-state index contributed by atoms with van der Waals surface area (Å²) in [5.41, 5.74) is 1.85. The Balaban J connectivity index is 2.05. The number of carbonyl (C=O) groups is 1. The van der Waals surface area contributed by atoms with E-state index in [4.69, 9.17) is 23.2 Å². The molecule has 1 saturated carbocycles. The standard InChI is InChI=1S/C11H11Cl2NO/c1-7-4-2-3-5-9(7)14-10(15)8-6-11(8,12)13/h2-5,8H,6H2,1H3,(H,14,15). The zero-order valence-electron chi connectivity index (χ0n) is 8.26. The number of halogens is 2. The summed E-state index contributed by atoms with van der Waals surface area (Å²) >= 11 is 11.6. The molecule has 0 aliphatic heterocycles. The van der Waals surface area contributed by atoms with Crippen LogP contribution in [0.4, 0.5) is 5.69 Å². The van der Waals surface area contributed by atoms with E-state index in [0.29, 0.717) is 6.42 Å². The fourth-order valence-electron chi connectivity index (χ4n) is 1.43. The Morgan fingerprint density at radius 1 is 1.47 bits per heavy atom. The fraction of sp³-hybridized carbons (Fsp3) is 0.364. The van der Waals surface area contributed by atoms with Gasteiger partial charge in [-0.15, -0.1) is 23.2 Å². The molecule has 1 atom stereocenters. The van der Waals surface area contributed by atoms with E-state index in [1.807, 2.05) is 31.2 Å². The SMILES string of the molecule is Cc1ccccc1NC(=O)C1CC1(Cl)Cl. The van der Waals surface area contributed by atoms with Gasteiger partial charge in [-0.05, 0) is 25.0 Å². The second-order valence-electron chi connectivity index (χ2n) is 3.82. The first kappa shape index (κ1) is 10.8. The molecule has 1 fully saturated rings. The van der Waals surface area contributed by atoms with E-state index in [2.05, 4.69) is 5.32 Å². The molecule has 15 heavy (non-hydrogen) atoms. The molecule has 0 aromatic heterocycles. The molecule has 1 aromatic carbocycles. The number of anilines is 1. The van der Waals surface area contributed by atoms with Crippen molar-refractivity contribution in [2.45, 2.75) is 17.7 Å². The van der Waals surface area contributed by atoms with E-state index in [1.165, 1.54) is 0 Å². The quantitative estimate of drug-likeness (QED) is 0.795. The first-order chi connectivity index (χ1) is 7.00. The number of para-hydroxylation sites is 1. The van der Waals surface area contributed by atoms with Gasteiger partial charge >= 0.3 is 0 Å². The number of carbonyl (C=O) groups excluding carboxylic acids is 1. The van der Waals surface area contributed by atoms with Crippen LogP contribution in [-0.4, -0.2) is 10.2 Å². The lowest BCUT2D eigenvalue weighted by Crippen LogP contribution is -2.17. The summed E-state index contributed by atoms with van der Waals surface area (Å²) in [7, 11) is 0. The Kier molecular flexibility index (Phi) is 2.65. The molecule has 0 bridgehead atoms. The lowest BCUT2D eigenvalue weighted by atomic mass is 10.2. The van der Waals surface area contributed by atoms with Crippen LogP contribution < -0.4 is 5.32 Å². The molecule has 1 aliphatic carbocycles. The van der Waals surface area contributed by atoms with Gasteiger partial charge in [0.1, 0.15) is 4.33 Å². The predicted octanol–water partition coefficient (Wildman–Crippen LogP) is 3.13. The highest BCUT2D eigenvalue weighted by Gasteiger charge is 2.56. The third-order valence-corrected chi connectivity index (χ3v) is 3.38. The Labute approximate surface area is 98.6 Å². The van der Waals surface area contributed by atoms with Gasteiger partial charge in [-0.3, -0.25) is 4.79 Å². The smallest absolute Gasteiger partial charge is 0.230 e. The minimum atomic E-state index is -0.854. The van der Waals surface area contributed by atoms with Crippen LogP contribution in [0, 0.1) is 12.8 Å². The minimum Gasteiger partial charge on any atom is -0.326 e. The predicted molar refractivity (Wildman–Crippen MR) is 62.4 cm³/mol. The average molecular weight is 244 g/mol. The second-order valence-corrected chi connectivity index (χ2v) is 5.36. The van der Waals surface area contributed by atoms with Crippen LogP contribution in [0.25, 0.3) is 0 Å². The van der Waals surface area contributed by atoms with E-state index in [-0.39, 0.29) is 11.8 Å². The van der Waals surface area contributed by atoms with Crippen LogP contribution in [0.2, 0.25) is 0 Å². The van der Waals surface area contributed by atoms with Crippen molar-refractivity contribution in [1.29, 1.82) is 0 Å². The van der Waals surface area contributed by atoms with Crippen molar-refractivity contribution in [3.05, 3.63) is 29.8 Å². The molecule has 1 aliphatic rings. The van der Waals surface area contributed by atoms with Gasteiger partial charge in [0.25, 0.3) is 0 Å². The second kappa shape index (κ2) is 3.69. The Bertz CT molecular complexity index is 403. The van der Waals surface area contributed by atoms with Gasteiger partial charge in [0.05, 0.1) is 5.92 Å². The molecular weight excluding hydrogens is 233 g/mol. The van der Waals surface area contributed by atoms with Crippen molar-refractivity contribution in [1.82, 2.24) is 0 Å². The number of hydrogen-bond acceptors (Lipinski definition) is 1. The Hall–Kier alpha value is -0.730. The van der Waals surface area contributed by atoms with E-state index in [9.17, 15) is 4.79 Å². The van der Waals surface area contributed by atoms with Crippen LogP contribution in [0.15, 0.2) is 24.3 Å². The first-order valence-electron chi connectivity index (χ1n) is 4.75. The average Bonchev–Trinajstić information content (AvgIpc) is 2.79. The topological polar surface area (TPSA) is 29.1 Å². The summed E-state index contributed by atoms with van der Waals surface area (Å²) < 4.78 is -0.854. The summed E-state index contributed by atoms with van der Waals surface area (Å²) in [6.07, 6.45) is 0.536. The van der Waals surface area contributed by atoms with Crippen LogP contribution in [0.3, 0.4) is 0 Å². The molecule has 0 spiro atoms. The molecule has 2 nitrogen and oxygen atoms in total. The first-order valence-corrected chi connectivity index (χ1v) is 5.50. The van der Waals surface area contributed by atoms with Crippen molar-refractivity contribution in [3.63, 3.8) is 0 Å². The number of alkyl halides is 2. The lowest BCUT2D eigenvalue weighted by Gasteiger charge is -2.07. The molecule has 0 heterocycles. The number of benzene rings is 1. The van der Waals surface area contributed by atoms with Crippen molar-refractivity contribution < 1.29 is 4.79 Å². The van der Waals surface area contributed by atoms with Gasteiger partial charge in [-0.25, -0.2) is 0 Å². The normalized spacial score (nSPS) is 22.2. The minimum absolute atomic E-state index is 0.102. The van der Waals surface area contributed by atoms with Crippen molar-refractivity contribution in [3.8, 4) is 0 Å². The van der Waals surface area contributed by atoms with Gasteiger partial charge in [0.2, 0.25) is 5.91 Å². The van der Waals surface area contributed by atoms with E-state index in [0.717, 1.165) is 11.3 Å². The largest absolute Gasteiger partial charge is 0.326 e. The molecule has 4 heteroatoms. The number of hydrogen-bond donors (Lipinski definition) is 1. The van der Waals surface area contributed by atoms with E-state index in [1.54, 1.807) is 0 Å².